The Morgan fingerprint density at radius 1 is 1.28 bits per heavy atom. The van der Waals surface area contributed by atoms with E-state index in [1.165, 1.54) is 18.0 Å². The molecule has 0 saturated carbocycles. The predicted octanol–water partition coefficient (Wildman–Crippen LogP) is -1.09. The second-order valence-corrected chi connectivity index (χ2v) is 4.34. The van der Waals surface area contributed by atoms with Crippen LogP contribution in [0.3, 0.4) is 0 Å². The molecule has 0 unspecified atom stereocenters. The SMILES string of the molecule is CSc1cncc([B-](F)(F)F)c1C1OCCO1.[K+]. The fourth-order valence-electron chi connectivity index (χ4n) is 1.67. The maximum Gasteiger partial charge on any atom is 1.00 e. The number of rotatable bonds is 3. The van der Waals surface area contributed by atoms with Crippen molar-refractivity contribution in [2.75, 3.05) is 19.5 Å². The van der Waals surface area contributed by atoms with Crippen molar-refractivity contribution in [2.45, 2.75) is 11.2 Å². The summed E-state index contributed by atoms with van der Waals surface area (Å²) >= 11 is 1.20. The third-order valence-corrected chi connectivity index (χ3v) is 3.18. The smallest absolute Gasteiger partial charge is 0.445 e. The second-order valence-electron chi connectivity index (χ2n) is 3.49. The standard InChI is InChI=1S/C9H10BF3NO2S.K/c1-17-7-5-14-4-6(10(11,12)13)8(7)9-15-2-3-16-9;/h4-5,9H,2-3H2,1H3;/q-1;+1. The Hall–Kier alpha value is 0.911. The zero-order valence-corrected chi connectivity index (χ0v) is 14.0. The minimum atomic E-state index is -5.12. The molecule has 1 aromatic heterocycles. The molecule has 1 aliphatic rings. The molecule has 2 rings (SSSR count). The van der Waals surface area contributed by atoms with Crippen LogP contribution in [-0.4, -0.2) is 31.4 Å². The largest absolute Gasteiger partial charge is 1.00 e. The average molecular weight is 303 g/mol. The Labute approximate surface area is 150 Å². The van der Waals surface area contributed by atoms with Crippen molar-refractivity contribution < 1.29 is 73.8 Å². The predicted molar refractivity (Wildman–Crippen MR) is 59.4 cm³/mol. The molecule has 3 nitrogen and oxygen atoms in total. The first-order chi connectivity index (χ1) is 8.04. The number of hydrogen-bond donors (Lipinski definition) is 0. The molecule has 94 valence electrons. The van der Waals surface area contributed by atoms with E-state index in [0.717, 1.165) is 6.20 Å². The van der Waals surface area contributed by atoms with E-state index in [1.54, 1.807) is 6.26 Å². The topological polar surface area (TPSA) is 31.4 Å². The summed E-state index contributed by atoms with van der Waals surface area (Å²) in [7, 11) is 0. The van der Waals surface area contributed by atoms with Crippen LogP contribution in [0.1, 0.15) is 11.9 Å². The van der Waals surface area contributed by atoms with Gasteiger partial charge in [-0.05, 0) is 11.8 Å². The average Bonchev–Trinajstić information content (AvgIpc) is 2.80. The maximum absolute atomic E-state index is 12.9. The van der Waals surface area contributed by atoms with Crippen LogP contribution in [0, 0.1) is 0 Å². The van der Waals surface area contributed by atoms with E-state index >= 15 is 0 Å². The van der Waals surface area contributed by atoms with Crippen LogP contribution < -0.4 is 56.8 Å². The van der Waals surface area contributed by atoms with Crippen LogP contribution >= 0.6 is 11.8 Å². The van der Waals surface area contributed by atoms with E-state index < -0.39 is 18.7 Å². The summed E-state index contributed by atoms with van der Waals surface area (Å²) in [6.45, 7) is -4.50. The summed E-state index contributed by atoms with van der Waals surface area (Å²) in [5, 5.41) is 0. The molecule has 0 spiro atoms. The van der Waals surface area contributed by atoms with Gasteiger partial charge in [-0.1, -0.05) is 5.46 Å². The Morgan fingerprint density at radius 3 is 2.39 bits per heavy atom. The van der Waals surface area contributed by atoms with Gasteiger partial charge in [-0.2, -0.15) is 0 Å². The van der Waals surface area contributed by atoms with Crippen molar-refractivity contribution in [1.82, 2.24) is 4.98 Å². The summed E-state index contributed by atoms with van der Waals surface area (Å²) in [4.78, 5) is 4.06. The first kappa shape index (κ1) is 17.0. The molecule has 1 fully saturated rings. The van der Waals surface area contributed by atoms with Crippen LogP contribution in [0.25, 0.3) is 0 Å². The van der Waals surface area contributed by atoms with Gasteiger partial charge >= 0.3 is 58.4 Å². The van der Waals surface area contributed by atoms with E-state index in [1.807, 2.05) is 0 Å². The van der Waals surface area contributed by atoms with Crippen molar-refractivity contribution in [3.8, 4) is 0 Å². The summed E-state index contributed by atoms with van der Waals surface area (Å²) in [5.74, 6) is 0. The second kappa shape index (κ2) is 7.07. The van der Waals surface area contributed by atoms with E-state index in [-0.39, 0.29) is 56.9 Å². The number of pyridine rings is 1. The van der Waals surface area contributed by atoms with Gasteiger partial charge in [0.1, 0.15) is 0 Å². The molecule has 0 amide bonds. The van der Waals surface area contributed by atoms with Gasteiger partial charge in [0.05, 0.1) is 13.2 Å². The quantitative estimate of drug-likeness (QED) is 0.524. The number of ether oxygens (including phenoxy) is 2. The monoisotopic (exact) mass is 303 g/mol. The zero-order chi connectivity index (χ0) is 12.5. The zero-order valence-electron chi connectivity index (χ0n) is 10.0. The van der Waals surface area contributed by atoms with Crippen molar-refractivity contribution in [2.24, 2.45) is 0 Å². The molecule has 18 heavy (non-hydrogen) atoms. The van der Waals surface area contributed by atoms with Crippen LogP contribution in [0.2, 0.25) is 0 Å². The summed E-state index contributed by atoms with van der Waals surface area (Å²) in [6.07, 6.45) is 3.00. The molecule has 0 atom stereocenters. The number of halogens is 3. The molecular formula is C9H10BF3KNO2S. The third kappa shape index (κ3) is 3.72. The molecule has 0 radical (unpaired) electrons. The van der Waals surface area contributed by atoms with Crippen LogP contribution in [0.4, 0.5) is 12.9 Å². The molecule has 0 aromatic carbocycles. The first-order valence-corrected chi connectivity index (χ1v) is 6.21. The van der Waals surface area contributed by atoms with Crippen molar-refractivity contribution in [1.29, 1.82) is 0 Å². The molecule has 0 N–H and O–H groups in total. The molecular weight excluding hydrogens is 293 g/mol. The van der Waals surface area contributed by atoms with Crippen molar-refractivity contribution in [3.05, 3.63) is 18.0 Å². The minimum Gasteiger partial charge on any atom is -0.445 e. The van der Waals surface area contributed by atoms with Crippen LogP contribution in [0.15, 0.2) is 17.3 Å². The molecule has 1 aromatic rings. The molecule has 2 heterocycles. The van der Waals surface area contributed by atoms with E-state index in [2.05, 4.69) is 4.98 Å². The van der Waals surface area contributed by atoms with Gasteiger partial charge in [-0.3, -0.25) is 4.98 Å². The third-order valence-electron chi connectivity index (χ3n) is 2.41. The van der Waals surface area contributed by atoms with E-state index in [9.17, 15) is 12.9 Å². The van der Waals surface area contributed by atoms with E-state index in [0.29, 0.717) is 18.1 Å². The van der Waals surface area contributed by atoms with Crippen molar-refractivity contribution in [3.63, 3.8) is 0 Å². The van der Waals surface area contributed by atoms with Crippen LogP contribution in [0.5, 0.6) is 0 Å². The number of hydrogen-bond acceptors (Lipinski definition) is 4. The van der Waals surface area contributed by atoms with Gasteiger partial charge in [0, 0.05) is 17.3 Å². The minimum absolute atomic E-state index is 0. The molecule has 0 bridgehead atoms. The first-order valence-electron chi connectivity index (χ1n) is 4.99. The summed E-state index contributed by atoms with van der Waals surface area (Å²) < 4.78 is 49.1. The maximum atomic E-state index is 12.9. The van der Waals surface area contributed by atoms with E-state index in [4.69, 9.17) is 9.47 Å². The normalized spacial score (nSPS) is 16.7. The van der Waals surface area contributed by atoms with Gasteiger partial charge in [-0.25, -0.2) is 0 Å². The Morgan fingerprint density at radius 2 is 1.89 bits per heavy atom. The number of thioether (sulfide) groups is 1. The van der Waals surface area contributed by atoms with Gasteiger partial charge in [0.25, 0.3) is 0 Å². The Balaban J connectivity index is 0.00000162. The fourth-order valence-corrected chi connectivity index (χ4v) is 2.27. The van der Waals surface area contributed by atoms with Gasteiger partial charge < -0.3 is 22.4 Å². The fraction of sp³-hybridized carbons (Fsp3) is 0.444. The van der Waals surface area contributed by atoms with Gasteiger partial charge in [0.15, 0.2) is 6.29 Å². The van der Waals surface area contributed by atoms with Gasteiger partial charge in [-0.15, -0.1) is 11.8 Å². The summed E-state index contributed by atoms with van der Waals surface area (Å²) in [6, 6.07) is 0. The molecule has 9 heteroatoms. The number of nitrogens with zero attached hydrogens (tertiary/aromatic N) is 1. The summed E-state index contributed by atoms with van der Waals surface area (Å²) in [5.41, 5.74) is -0.679. The van der Waals surface area contributed by atoms with Gasteiger partial charge in [0.2, 0.25) is 0 Å². The number of aromatic nitrogens is 1. The molecule has 0 aliphatic carbocycles. The van der Waals surface area contributed by atoms with Crippen LogP contribution in [-0.2, 0) is 9.47 Å². The van der Waals surface area contributed by atoms with Crippen molar-refractivity contribution >= 4 is 24.2 Å². The molecule has 1 aliphatic heterocycles. The Kier molecular flexibility index (Phi) is 6.67. The molecule has 1 saturated heterocycles. The Bertz CT molecular complexity index is 415.